The molecule has 3 aliphatic heterocycles. The third-order valence-corrected chi connectivity index (χ3v) is 3.87. The largest absolute Gasteiger partial charge is 0.465 e. The van der Waals surface area contributed by atoms with Gasteiger partial charge in [0.15, 0.2) is 0 Å². The lowest BCUT2D eigenvalue weighted by atomic mass is 10.1. The highest BCUT2D eigenvalue weighted by Gasteiger charge is 2.30. The van der Waals surface area contributed by atoms with Gasteiger partial charge in [0.2, 0.25) is 5.91 Å². The zero-order chi connectivity index (χ0) is 12.4. The summed E-state index contributed by atoms with van der Waals surface area (Å²) in [4.78, 5) is 16.7. The third kappa shape index (κ3) is 2.34. The van der Waals surface area contributed by atoms with E-state index in [1.807, 2.05) is 17.0 Å². The Morgan fingerprint density at radius 1 is 1.28 bits per heavy atom. The van der Waals surface area contributed by atoms with Gasteiger partial charge in [-0.2, -0.15) is 0 Å². The molecule has 4 nitrogen and oxygen atoms in total. The van der Waals surface area contributed by atoms with Crippen LogP contribution < -0.4 is 0 Å². The number of nitrogens with zero attached hydrogens (tertiary/aromatic N) is 2. The standard InChI is InChI=1S/C14H18N2O2/c17-14(4-3-13-2-1-11-18-13)16-10-9-15-7-5-12(16)6-8-15/h1-4,11-12H,5-10H2. The molecule has 0 unspecified atom stereocenters. The van der Waals surface area contributed by atoms with E-state index in [2.05, 4.69) is 4.90 Å². The summed E-state index contributed by atoms with van der Waals surface area (Å²) in [5.74, 6) is 0.839. The van der Waals surface area contributed by atoms with Gasteiger partial charge in [0.05, 0.1) is 6.26 Å². The number of amides is 1. The molecule has 3 aliphatic rings. The summed E-state index contributed by atoms with van der Waals surface area (Å²) in [6.07, 6.45) is 7.22. The van der Waals surface area contributed by atoms with E-state index in [9.17, 15) is 4.79 Å². The first kappa shape index (κ1) is 11.5. The Labute approximate surface area is 107 Å². The molecule has 0 saturated carbocycles. The van der Waals surface area contributed by atoms with Crippen molar-refractivity contribution in [3.05, 3.63) is 30.2 Å². The van der Waals surface area contributed by atoms with Crippen molar-refractivity contribution in [1.82, 2.24) is 9.80 Å². The quantitative estimate of drug-likeness (QED) is 0.744. The Morgan fingerprint density at radius 3 is 2.83 bits per heavy atom. The second-order valence-corrected chi connectivity index (χ2v) is 4.95. The number of piperidine rings is 1. The lowest BCUT2D eigenvalue weighted by molar-refractivity contribution is -0.127. The predicted octanol–water partition coefficient (Wildman–Crippen LogP) is 1.60. The minimum atomic E-state index is 0.111. The van der Waals surface area contributed by atoms with Crippen LogP contribution in [0.4, 0.5) is 0 Å². The number of hydrogen-bond donors (Lipinski definition) is 0. The number of fused-ring (bicyclic) bond motifs is 4. The first-order valence-electron chi connectivity index (χ1n) is 6.57. The summed E-state index contributed by atoms with van der Waals surface area (Å²) in [7, 11) is 0. The van der Waals surface area contributed by atoms with E-state index in [-0.39, 0.29) is 5.91 Å². The summed E-state index contributed by atoms with van der Waals surface area (Å²) < 4.78 is 5.19. The monoisotopic (exact) mass is 246 g/mol. The molecule has 96 valence electrons. The summed E-state index contributed by atoms with van der Waals surface area (Å²) >= 11 is 0. The Hall–Kier alpha value is -1.55. The molecule has 3 fully saturated rings. The predicted molar refractivity (Wildman–Crippen MR) is 68.9 cm³/mol. The van der Waals surface area contributed by atoms with Crippen LogP contribution >= 0.6 is 0 Å². The maximum absolute atomic E-state index is 12.2. The van der Waals surface area contributed by atoms with Gasteiger partial charge in [0.25, 0.3) is 0 Å². The van der Waals surface area contributed by atoms with Crippen LogP contribution in [0.3, 0.4) is 0 Å². The number of carbonyl (C=O) groups excluding carboxylic acids is 1. The molecule has 18 heavy (non-hydrogen) atoms. The van der Waals surface area contributed by atoms with Gasteiger partial charge in [-0.05, 0) is 31.1 Å². The van der Waals surface area contributed by atoms with Gasteiger partial charge in [-0.25, -0.2) is 0 Å². The highest BCUT2D eigenvalue weighted by Crippen LogP contribution is 2.21. The zero-order valence-corrected chi connectivity index (χ0v) is 10.4. The topological polar surface area (TPSA) is 36.7 Å². The number of furan rings is 1. The molecule has 2 bridgehead atoms. The molecular weight excluding hydrogens is 228 g/mol. The van der Waals surface area contributed by atoms with Gasteiger partial charge >= 0.3 is 0 Å². The molecule has 0 spiro atoms. The molecule has 3 saturated heterocycles. The van der Waals surface area contributed by atoms with Crippen LogP contribution in [-0.4, -0.2) is 47.9 Å². The SMILES string of the molecule is O=C(C=Cc1ccco1)N1CCN2CCC1CC2. The molecule has 4 heterocycles. The Balaban J connectivity index is 1.68. The Morgan fingerprint density at radius 2 is 2.11 bits per heavy atom. The van der Waals surface area contributed by atoms with Crippen LogP contribution in [0.25, 0.3) is 6.08 Å². The van der Waals surface area contributed by atoms with Crippen LogP contribution in [-0.2, 0) is 4.79 Å². The highest BCUT2D eigenvalue weighted by molar-refractivity contribution is 5.91. The summed E-state index contributed by atoms with van der Waals surface area (Å²) in [5, 5.41) is 0. The van der Waals surface area contributed by atoms with E-state index < -0.39 is 0 Å². The van der Waals surface area contributed by atoms with Gasteiger partial charge in [-0.1, -0.05) is 0 Å². The molecule has 0 atom stereocenters. The average molecular weight is 246 g/mol. The molecule has 0 aromatic carbocycles. The maximum Gasteiger partial charge on any atom is 0.246 e. The van der Waals surface area contributed by atoms with E-state index >= 15 is 0 Å². The fraction of sp³-hybridized carbons (Fsp3) is 0.500. The van der Waals surface area contributed by atoms with E-state index in [0.29, 0.717) is 6.04 Å². The Bertz CT molecular complexity index is 431. The van der Waals surface area contributed by atoms with Crippen LogP contribution in [0, 0.1) is 0 Å². The van der Waals surface area contributed by atoms with E-state index in [4.69, 9.17) is 4.42 Å². The lowest BCUT2D eigenvalue weighted by Crippen LogP contribution is -2.40. The van der Waals surface area contributed by atoms with Gasteiger partial charge < -0.3 is 14.2 Å². The van der Waals surface area contributed by atoms with Crippen LogP contribution in [0.15, 0.2) is 28.9 Å². The number of hydrogen-bond acceptors (Lipinski definition) is 3. The smallest absolute Gasteiger partial charge is 0.246 e. The van der Waals surface area contributed by atoms with Crippen molar-refractivity contribution in [3.63, 3.8) is 0 Å². The van der Waals surface area contributed by atoms with Crippen molar-refractivity contribution in [3.8, 4) is 0 Å². The van der Waals surface area contributed by atoms with Gasteiger partial charge in [-0.15, -0.1) is 0 Å². The lowest BCUT2D eigenvalue weighted by Gasteiger charge is -2.30. The van der Waals surface area contributed by atoms with Crippen molar-refractivity contribution in [2.24, 2.45) is 0 Å². The van der Waals surface area contributed by atoms with Crippen molar-refractivity contribution in [2.45, 2.75) is 18.9 Å². The van der Waals surface area contributed by atoms with Gasteiger partial charge in [0.1, 0.15) is 5.76 Å². The normalized spacial score (nSPS) is 27.7. The molecule has 0 N–H and O–H groups in total. The Kier molecular flexibility index (Phi) is 3.19. The van der Waals surface area contributed by atoms with Crippen molar-refractivity contribution in [1.29, 1.82) is 0 Å². The molecule has 1 amide bonds. The minimum Gasteiger partial charge on any atom is -0.465 e. The summed E-state index contributed by atoms with van der Waals surface area (Å²) in [5.41, 5.74) is 0. The molecule has 1 aromatic rings. The van der Waals surface area contributed by atoms with E-state index in [0.717, 1.165) is 44.8 Å². The maximum atomic E-state index is 12.2. The molecule has 4 heteroatoms. The van der Waals surface area contributed by atoms with Gasteiger partial charge in [0, 0.05) is 38.3 Å². The fourth-order valence-corrected chi connectivity index (χ4v) is 2.81. The second kappa shape index (κ2) is 4.98. The molecule has 0 radical (unpaired) electrons. The number of rotatable bonds is 2. The molecule has 4 rings (SSSR count). The van der Waals surface area contributed by atoms with E-state index in [1.54, 1.807) is 18.4 Å². The molecule has 1 aromatic heterocycles. The summed E-state index contributed by atoms with van der Waals surface area (Å²) in [6.45, 7) is 4.13. The first-order valence-corrected chi connectivity index (χ1v) is 6.57. The summed E-state index contributed by atoms with van der Waals surface area (Å²) in [6, 6.07) is 4.10. The van der Waals surface area contributed by atoms with E-state index in [1.165, 1.54) is 0 Å². The van der Waals surface area contributed by atoms with Gasteiger partial charge in [-0.3, -0.25) is 4.79 Å². The average Bonchev–Trinajstić information content (AvgIpc) is 2.75. The zero-order valence-electron chi connectivity index (χ0n) is 10.4. The first-order chi connectivity index (χ1) is 8.83. The van der Waals surface area contributed by atoms with Crippen LogP contribution in [0.2, 0.25) is 0 Å². The van der Waals surface area contributed by atoms with Crippen molar-refractivity contribution in [2.75, 3.05) is 26.2 Å². The van der Waals surface area contributed by atoms with Crippen LogP contribution in [0.5, 0.6) is 0 Å². The van der Waals surface area contributed by atoms with Crippen molar-refractivity contribution >= 4 is 12.0 Å². The van der Waals surface area contributed by atoms with Crippen molar-refractivity contribution < 1.29 is 9.21 Å². The van der Waals surface area contributed by atoms with Crippen LogP contribution in [0.1, 0.15) is 18.6 Å². The third-order valence-electron chi connectivity index (χ3n) is 3.87. The minimum absolute atomic E-state index is 0.111. The number of carbonyl (C=O) groups is 1. The fourth-order valence-electron chi connectivity index (χ4n) is 2.81. The molecule has 0 aliphatic carbocycles. The highest BCUT2D eigenvalue weighted by atomic mass is 16.3. The second-order valence-electron chi connectivity index (χ2n) is 4.95. The molecular formula is C14H18N2O2.